The summed E-state index contributed by atoms with van der Waals surface area (Å²) in [4.78, 5) is 4.34. The van der Waals surface area contributed by atoms with Crippen molar-refractivity contribution in [2.75, 3.05) is 34.0 Å². The molecule has 0 amide bonds. The van der Waals surface area contributed by atoms with Gasteiger partial charge in [-0.25, -0.2) is 4.98 Å². The largest absolute Gasteiger partial charge is 0.488 e. The van der Waals surface area contributed by atoms with E-state index in [1.165, 1.54) is 0 Å². The summed E-state index contributed by atoms with van der Waals surface area (Å²) >= 11 is 3.44. The summed E-state index contributed by atoms with van der Waals surface area (Å²) in [6.45, 7) is 1.90. The van der Waals surface area contributed by atoms with Crippen LogP contribution >= 0.6 is 15.9 Å². The lowest BCUT2D eigenvalue weighted by atomic mass is 10.1. The van der Waals surface area contributed by atoms with Gasteiger partial charge >= 0.3 is 0 Å². The van der Waals surface area contributed by atoms with E-state index in [0.717, 1.165) is 29.4 Å². The smallest absolute Gasteiger partial charge is 0.257 e. The van der Waals surface area contributed by atoms with Gasteiger partial charge in [-0.2, -0.15) is 0 Å². The zero-order valence-corrected chi connectivity index (χ0v) is 13.0. The van der Waals surface area contributed by atoms with Crippen molar-refractivity contribution >= 4 is 15.9 Å². The molecule has 5 nitrogen and oxygen atoms in total. The van der Waals surface area contributed by atoms with Crippen LogP contribution in [0.5, 0.6) is 11.6 Å². The highest BCUT2D eigenvalue weighted by molar-refractivity contribution is 9.10. The number of methoxy groups -OCH3 is 2. The third kappa shape index (κ3) is 5.34. The monoisotopic (exact) mass is 332 g/mol. The fourth-order valence-corrected chi connectivity index (χ4v) is 2.07. The van der Waals surface area contributed by atoms with Crippen molar-refractivity contribution < 1.29 is 14.2 Å². The lowest BCUT2D eigenvalue weighted by Crippen LogP contribution is -2.06. The number of aryl methyl sites for hydroxylation is 1. The first-order valence-electron chi connectivity index (χ1n) is 6.28. The molecule has 6 heteroatoms. The second-order valence-electron chi connectivity index (χ2n) is 4.03. The second-order valence-corrected chi connectivity index (χ2v) is 4.78. The Morgan fingerprint density at radius 3 is 2.68 bits per heavy atom. The summed E-state index contributed by atoms with van der Waals surface area (Å²) in [6.07, 6.45) is 2.60. The Labute approximate surface area is 122 Å². The van der Waals surface area contributed by atoms with Crippen molar-refractivity contribution in [2.24, 2.45) is 5.73 Å². The SMILES string of the molecule is COCCCOc1cc(CCCN)c(Br)nc1OC. The van der Waals surface area contributed by atoms with Crippen LogP contribution in [0.15, 0.2) is 10.7 Å². The molecule has 2 N–H and O–H groups in total. The summed E-state index contributed by atoms with van der Waals surface area (Å²) < 4.78 is 16.7. The number of nitrogens with zero attached hydrogens (tertiary/aromatic N) is 1. The minimum atomic E-state index is 0.487. The average Bonchev–Trinajstić information content (AvgIpc) is 2.43. The summed E-state index contributed by atoms with van der Waals surface area (Å²) in [6, 6.07) is 1.96. The van der Waals surface area contributed by atoms with Crippen LogP contribution in [0.4, 0.5) is 0 Å². The number of ether oxygens (including phenoxy) is 3. The molecule has 0 atom stereocenters. The lowest BCUT2D eigenvalue weighted by Gasteiger charge is -2.12. The van der Waals surface area contributed by atoms with Crippen LogP contribution in [0.3, 0.4) is 0 Å². The summed E-state index contributed by atoms with van der Waals surface area (Å²) in [7, 11) is 3.25. The van der Waals surface area contributed by atoms with Gasteiger partial charge in [-0.15, -0.1) is 0 Å². The molecule has 0 unspecified atom stereocenters. The van der Waals surface area contributed by atoms with Crippen LogP contribution in [0.2, 0.25) is 0 Å². The zero-order chi connectivity index (χ0) is 14.1. The van der Waals surface area contributed by atoms with E-state index in [1.54, 1.807) is 14.2 Å². The van der Waals surface area contributed by atoms with E-state index < -0.39 is 0 Å². The molecule has 0 saturated carbocycles. The Morgan fingerprint density at radius 2 is 2.05 bits per heavy atom. The molecular formula is C13H21BrN2O3. The van der Waals surface area contributed by atoms with Gasteiger partial charge in [0.15, 0.2) is 5.75 Å². The van der Waals surface area contributed by atoms with Crippen molar-refractivity contribution in [3.05, 3.63) is 16.2 Å². The Morgan fingerprint density at radius 1 is 1.26 bits per heavy atom. The van der Waals surface area contributed by atoms with E-state index >= 15 is 0 Å². The van der Waals surface area contributed by atoms with Crippen LogP contribution in [0.1, 0.15) is 18.4 Å². The molecule has 0 spiro atoms. The van der Waals surface area contributed by atoms with Crippen molar-refractivity contribution in [3.8, 4) is 11.6 Å². The van der Waals surface area contributed by atoms with Gasteiger partial charge in [0.25, 0.3) is 5.88 Å². The minimum Gasteiger partial charge on any atom is -0.488 e. The summed E-state index contributed by atoms with van der Waals surface area (Å²) in [5.41, 5.74) is 6.61. The molecule has 0 bridgehead atoms. The number of nitrogens with two attached hydrogens (primary N) is 1. The van der Waals surface area contributed by atoms with E-state index in [4.69, 9.17) is 19.9 Å². The molecular weight excluding hydrogens is 312 g/mol. The second kappa shape index (κ2) is 9.12. The Hall–Kier alpha value is -0.850. The maximum atomic E-state index is 5.69. The van der Waals surface area contributed by atoms with Gasteiger partial charge in [-0.1, -0.05) is 0 Å². The van der Waals surface area contributed by atoms with Gasteiger partial charge in [-0.05, 0) is 46.9 Å². The first-order chi connectivity index (χ1) is 9.22. The van der Waals surface area contributed by atoms with E-state index in [0.29, 0.717) is 31.4 Å². The van der Waals surface area contributed by atoms with Gasteiger partial charge < -0.3 is 19.9 Å². The standard InChI is InChI=1S/C13H21BrN2O3/c1-17-7-4-8-19-11-9-10(5-3-6-15)12(14)16-13(11)18-2/h9H,3-8,15H2,1-2H3. The summed E-state index contributed by atoms with van der Waals surface area (Å²) in [5, 5.41) is 0. The van der Waals surface area contributed by atoms with Crippen LogP contribution in [0, 0.1) is 0 Å². The predicted octanol–water partition coefficient (Wildman–Crippen LogP) is 2.16. The Bertz CT molecular complexity index is 388. The fraction of sp³-hybridized carbons (Fsp3) is 0.615. The first-order valence-corrected chi connectivity index (χ1v) is 7.07. The average molecular weight is 333 g/mol. The number of hydrogen-bond acceptors (Lipinski definition) is 5. The highest BCUT2D eigenvalue weighted by Gasteiger charge is 2.11. The number of halogens is 1. The van der Waals surface area contributed by atoms with Crippen molar-refractivity contribution in [3.63, 3.8) is 0 Å². The molecule has 0 aliphatic rings. The number of hydrogen-bond donors (Lipinski definition) is 1. The third-order valence-electron chi connectivity index (χ3n) is 2.57. The van der Waals surface area contributed by atoms with Crippen molar-refractivity contribution in [1.29, 1.82) is 0 Å². The molecule has 1 aromatic rings. The van der Waals surface area contributed by atoms with E-state index in [2.05, 4.69) is 20.9 Å². The van der Waals surface area contributed by atoms with Crippen molar-refractivity contribution in [1.82, 2.24) is 4.98 Å². The fourth-order valence-electron chi connectivity index (χ4n) is 1.60. The molecule has 108 valence electrons. The normalized spacial score (nSPS) is 10.5. The minimum absolute atomic E-state index is 0.487. The molecule has 0 aliphatic carbocycles. The number of rotatable bonds is 9. The van der Waals surface area contributed by atoms with E-state index in [9.17, 15) is 0 Å². The Kier molecular flexibility index (Phi) is 7.78. The number of aromatic nitrogens is 1. The van der Waals surface area contributed by atoms with Gasteiger partial charge in [0.1, 0.15) is 4.60 Å². The first kappa shape index (κ1) is 16.2. The highest BCUT2D eigenvalue weighted by atomic mass is 79.9. The highest BCUT2D eigenvalue weighted by Crippen LogP contribution is 2.30. The quantitative estimate of drug-likeness (QED) is 0.554. The predicted molar refractivity (Wildman–Crippen MR) is 77.9 cm³/mol. The Balaban J connectivity index is 2.75. The molecule has 1 rings (SSSR count). The molecule has 0 saturated heterocycles. The van der Waals surface area contributed by atoms with E-state index in [-0.39, 0.29) is 0 Å². The van der Waals surface area contributed by atoms with Crippen LogP contribution < -0.4 is 15.2 Å². The van der Waals surface area contributed by atoms with Gasteiger partial charge in [0, 0.05) is 20.1 Å². The van der Waals surface area contributed by atoms with Crippen LogP contribution in [-0.2, 0) is 11.2 Å². The van der Waals surface area contributed by atoms with Crippen molar-refractivity contribution in [2.45, 2.75) is 19.3 Å². The lowest BCUT2D eigenvalue weighted by molar-refractivity contribution is 0.170. The topological polar surface area (TPSA) is 66.6 Å². The molecule has 0 aliphatic heterocycles. The van der Waals surface area contributed by atoms with Gasteiger partial charge in [-0.3, -0.25) is 0 Å². The third-order valence-corrected chi connectivity index (χ3v) is 3.26. The molecule has 0 fully saturated rings. The van der Waals surface area contributed by atoms with Crippen LogP contribution in [-0.4, -0.2) is 39.0 Å². The molecule has 0 radical (unpaired) electrons. The number of pyridine rings is 1. The molecule has 1 aromatic heterocycles. The maximum Gasteiger partial charge on any atom is 0.257 e. The summed E-state index contributed by atoms with van der Waals surface area (Å²) in [5.74, 6) is 1.15. The van der Waals surface area contributed by atoms with E-state index in [1.807, 2.05) is 6.07 Å². The maximum absolute atomic E-state index is 5.69. The molecule has 0 aromatic carbocycles. The molecule has 1 heterocycles. The van der Waals surface area contributed by atoms with Gasteiger partial charge in [0.05, 0.1) is 13.7 Å². The molecule has 19 heavy (non-hydrogen) atoms. The zero-order valence-electron chi connectivity index (χ0n) is 11.4. The van der Waals surface area contributed by atoms with Crippen LogP contribution in [0.25, 0.3) is 0 Å². The van der Waals surface area contributed by atoms with Gasteiger partial charge in [0.2, 0.25) is 0 Å².